The molecule has 0 radical (unpaired) electrons. The number of carboxylic acid groups (broad SMARTS) is 1. The molecule has 9 nitrogen and oxygen atoms in total. The molecular formula is C50H55ClN4O5. The molecule has 8 rings (SSSR count). The Bertz CT molecular complexity index is 2220. The number of carboxylic acids is 1. The van der Waals surface area contributed by atoms with Crippen LogP contribution in [0, 0.1) is 36.5 Å². The molecule has 0 aromatic heterocycles. The van der Waals surface area contributed by atoms with E-state index in [1.807, 2.05) is 60.4 Å². The molecule has 0 atom stereocenters. The zero-order valence-electron chi connectivity index (χ0n) is 34.6. The highest BCUT2D eigenvalue weighted by atomic mass is 35.5. The molecule has 0 spiro atoms. The summed E-state index contributed by atoms with van der Waals surface area (Å²) >= 11 is 0. The third-order valence-corrected chi connectivity index (χ3v) is 12.8. The van der Waals surface area contributed by atoms with Crippen molar-refractivity contribution in [2.75, 3.05) is 26.2 Å². The summed E-state index contributed by atoms with van der Waals surface area (Å²) in [5.41, 5.74) is 9.98. The van der Waals surface area contributed by atoms with Gasteiger partial charge in [0.2, 0.25) is 0 Å². The largest absolute Gasteiger partial charge is 0.478 e. The number of halogens is 1. The number of nitrogens with zero attached hydrogens (tertiary/aromatic N) is 3. The number of carbonyl (C=O) groups is 4. The Morgan fingerprint density at radius 2 is 1.05 bits per heavy atom. The Morgan fingerprint density at radius 1 is 0.633 bits per heavy atom. The smallest absolute Gasteiger partial charge is 0.335 e. The standard InChI is InChI=1S/C25H26N2O2.C13H14O3.C12H14N2.ClH/c1-17-13-24(21-3-2-4-21)22(16-28)14-23(17)25(29)27-11-9-20(10-12-27)19-7-5-18(15-26)6-8-19;1-8-5-12(9-3-2-4-9)10(7-14)6-11(8)13(15)16;13-9-10-1-3-11(4-2-10)12-5-7-14-8-6-12;/h5-8,13-14,16,20-21H,2-4,9-12H2,1H3;5-7,9H,2-4H2,1H3,(H,15,16);1-4,12,14H,5-8H2;1H. The molecule has 2 aliphatic heterocycles. The van der Waals surface area contributed by atoms with Crippen LogP contribution in [0.2, 0.25) is 0 Å². The van der Waals surface area contributed by atoms with Gasteiger partial charge in [-0.1, -0.05) is 49.2 Å². The van der Waals surface area contributed by atoms with E-state index in [9.17, 15) is 19.2 Å². The number of piperidine rings is 2. The van der Waals surface area contributed by atoms with E-state index >= 15 is 0 Å². The van der Waals surface area contributed by atoms with Crippen molar-refractivity contribution in [1.82, 2.24) is 10.2 Å². The van der Waals surface area contributed by atoms with Gasteiger partial charge in [-0.05, 0) is 172 Å². The molecule has 4 fully saturated rings. The van der Waals surface area contributed by atoms with E-state index in [4.69, 9.17) is 15.6 Å². The zero-order chi connectivity index (χ0) is 41.9. The first kappa shape index (κ1) is 45.5. The summed E-state index contributed by atoms with van der Waals surface area (Å²) in [6.07, 6.45) is 12.8. The lowest BCUT2D eigenvalue weighted by molar-refractivity contribution is 0.0691. The molecule has 2 N–H and O–H groups in total. The number of amides is 1. The number of aromatic carboxylic acids is 1. The number of nitrogens with one attached hydrogen (secondary N) is 1. The second-order valence-electron chi connectivity index (χ2n) is 16.4. The maximum absolute atomic E-state index is 13.2. The quantitative estimate of drug-likeness (QED) is 0.167. The third kappa shape index (κ3) is 11.0. The monoisotopic (exact) mass is 826 g/mol. The Balaban J connectivity index is 0.000000186. The minimum atomic E-state index is -0.972. The molecule has 4 aromatic carbocycles. The molecule has 0 unspecified atom stereocenters. The number of nitriles is 2. The SMILES string of the molecule is Cc1cc(C2CCC2)c(C=O)cc1C(=O)N1CCC(c2ccc(C#N)cc2)CC1.Cc1cc(C2CCC2)c(C=O)cc1C(=O)O.Cl.N#Cc1ccc(C2CCNCC2)cc1. The van der Waals surface area contributed by atoms with Gasteiger partial charge in [-0.3, -0.25) is 14.4 Å². The first-order valence-electron chi connectivity index (χ1n) is 21.1. The van der Waals surface area contributed by atoms with Crippen LogP contribution in [0.4, 0.5) is 0 Å². The lowest BCUT2D eigenvalue weighted by Gasteiger charge is -2.33. The van der Waals surface area contributed by atoms with Crippen molar-refractivity contribution >= 4 is 36.9 Å². The fraction of sp³-hybridized carbons (Fsp3) is 0.400. The summed E-state index contributed by atoms with van der Waals surface area (Å²) < 4.78 is 0. The topological polar surface area (TPSA) is 151 Å². The van der Waals surface area contributed by atoms with Gasteiger partial charge in [-0.25, -0.2) is 4.79 Å². The van der Waals surface area contributed by atoms with E-state index in [1.165, 1.54) is 42.9 Å². The zero-order valence-corrected chi connectivity index (χ0v) is 35.4. The molecule has 2 saturated heterocycles. The van der Waals surface area contributed by atoms with Crippen LogP contribution < -0.4 is 5.32 Å². The van der Waals surface area contributed by atoms with Gasteiger partial charge in [0.15, 0.2) is 0 Å². The van der Waals surface area contributed by atoms with Gasteiger partial charge in [-0.2, -0.15) is 10.5 Å². The maximum Gasteiger partial charge on any atom is 0.335 e. The van der Waals surface area contributed by atoms with Crippen LogP contribution >= 0.6 is 12.4 Å². The first-order valence-corrected chi connectivity index (χ1v) is 21.1. The fourth-order valence-corrected chi connectivity index (χ4v) is 8.71. The number of aldehydes is 2. The summed E-state index contributed by atoms with van der Waals surface area (Å²) in [5.74, 6) is 1.08. The van der Waals surface area contributed by atoms with Crippen molar-refractivity contribution in [3.05, 3.63) is 140 Å². The molecule has 312 valence electrons. The van der Waals surface area contributed by atoms with Crippen LogP contribution in [0.15, 0.2) is 72.8 Å². The molecule has 10 heteroatoms. The number of hydrogen-bond acceptors (Lipinski definition) is 7. The van der Waals surface area contributed by atoms with Crippen molar-refractivity contribution in [3.63, 3.8) is 0 Å². The molecule has 2 saturated carbocycles. The summed E-state index contributed by atoms with van der Waals surface area (Å²) in [6.45, 7) is 7.41. The van der Waals surface area contributed by atoms with E-state index in [2.05, 4.69) is 35.7 Å². The van der Waals surface area contributed by atoms with Crippen molar-refractivity contribution in [2.45, 2.75) is 102 Å². The van der Waals surface area contributed by atoms with E-state index < -0.39 is 5.97 Å². The number of benzene rings is 4. The molecule has 2 heterocycles. The van der Waals surface area contributed by atoms with Crippen LogP contribution in [0.5, 0.6) is 0 Å². The summed E-state index contributed by atoms with van der Waals surface area (Å²) in [5, 5.41) is 30.0. The molecule has 4 aliphatic rings. The minimum Gasteiger partial charge on any atom is -0.478 e. The highest BCUT2D eigenvalue weighted by Crippen LogP contribution is 2.40. The van der Waals surface area contributed by atoms with Gasteiger partial charge >= 0.3 is 5.97 Å². The van der Waals surface area contributed by atoms with Crippen LogP contribution in [0.1, 0.15) is 174 Å². The Kier molecular flexibility index (Phi) is 16.4. The molecule has 2 aliphatic carbocycles. The summed E-state index contributed by atoms with van der Waals surface area (Å²) in [4.78, 5) is 48.6. The second-order valence-corrected chi connectivity index (χ2v) is 16.4. The average molecular weight is 827 g/mol. The maximum atomic E-state index is 13.2. The molecule has 4 aromatic rings. The van der Waals surface area contributed by atoms with Gasteiger partial charge in [0.1, 0.15) is 12.6 Å². The fourth-order valence-electron chi connectivity index (χ4n) is 8.71. The number of rotatable bonds is 8. The van der Waals surface area contributed by atoms with Crippen LogP contribution in [-0.4, -0.2) is 60.6 Å². The minimum absolute atomic E-state index is 0. The Morgan fingerprint density at radius 3 is 1.43 bits per heavy atom. The van der Waals surface area contributed by atoms with Crippen molar-refractivity contribution in [2.24, 2.45) is 0 Å². The number of carbonyl (C=O) groups excluding carboxylic acids is 3. The average Bonchev–Trinajstić information content (AvgIpc) is 3.23. The highest BCUT2D eigenvalue weighted by Gasteiger charge is 2.28. The van der Waals surface area contributed by atoms with Gasteiger partial charge < -0.3 is 15.3 Å². The van der Waals surface area contributed by atoms with Gasteiger partial charge in [-0.15, -0.1) is 12.4 Å². The summed E-state index contributed by atoms with van der Waals surface area (Å²) in [6, 6.07) is 27.3. The van der Waals surface area contributed by atoms with Gasteiger partial charge in [0.25, 0.3) is 5.91 Å². The first-order chi connectivity index (χ1) is 28.6. The predicted molar refractivity (Wildman–Crippen MR) is 236 cm³/mol. The molecular weight excluding hydrogens is 772 g/mol. The lowest BCUT2D eigenvalue weighted by Crippen LogP contribution is -2.38. The highest BCUT2D eigenvalue weighted by molar-refractivity contribution is 5.98. The van der Waals surface area contributed by atoms with E-state index in [-0.39, 0.29) is 23.9 Å². The predicted octanol–water partition coefficient (Wildman–Crippen LogP) is 10.2. The van der Waals surface area contributed by atoms with Crippen molar-refractivity contribution in [1.29, 1.82) is 10.5 Å². The van der Waals surface area contributed by atoms with Crippen molar-refractivity contribution < 1.29 is 24.3 Å². The molecule has 1 amide bonds. The van der Waals surface area contributed by atoms with Crippen LogP contribution in [0.25, 0.3) is 0 Å². The third-order valence-electron chi connectivity index (χ3n) is 12.8. The van der Waals surface area contributed by atoms with Gasteiger partial charge in [0, 0.05) is 29.8 Å². The summed E-state index contributed by atoms with van der Waals surface area (Å²) in [7, 11) is 0. The van der Waals surface area contributed by atoms with Gasteiger partial charge in [0.05, 0.1) is 28.8 Å². The normalized spacial score (nSPS) is 16.7. The van der Waals surface area contributed by atoms with E-state index in [1.54, 1.807) is 6.92 Å². The number of hydrogen-bond donors (Lipinski definition) is 2. The van der Waals surface area contributed by atoms with Crippen molar-refractivity contribution in [3.8, 4) is 12.1 Å². The molecule has 0 bridgehead atoms. The number of likely N-dealkylation sites (tertiary alicyclic amines) is 1. The Labute approximate surface area is 360 Å². The van der Waals surface area contributed by atoms with E-state index in [0.29, 0.717) is 59.0 Å². The Hall–Kier alpha value is -5.61. The van der Waals surface area contributed by atoms with Crippen LogP contribution in [-0.2, 0) is 0 Å². The van der Waals surface area contributed by atoms with Crippen LogP contribution in [0.3, 0.4) is 0 Å². The van der Waals surface area contributed by atoms with E-state index in [0.717, 1.165) is 92.0 Å². The molecule has 60 heavy (non-hydrogen) atoms. The number of aryl methyl sites for hydroxylation is 2. The lowest BCUT2D eigenvalue weighted by atomic mass is 9.77. The second kappa shape index (κ2) is 21.6.